The number of thioether (sulfide) groups is 1. The number of fused-ring (bicyclic) bond motifs is 2. The smallest absolute Gasteiger partial charge is 0.230 e. The normalized spacial score (nSPS) is 23.9. The average molecular weight is 315 g/mol. The number of carboxylic acids is 1. The van der Waals surface area contributed by atoms with Gasteiger partial charge in [0.2, 0.25) is 11.6 Å². The lowest BCUT2D eigenvalue weighted by Gasteiger charge is -2.46. The van der Waals surface area contributed by atoms with Crippen molar-refractivity contribution in [3.8, 4) is 5.69 Å². The Kier molecular flexibility index (Phi) is 2.97. The van der Waals surface area contributed by atoms with E-state index in [0.717, 1.165) is 5.69 Å². The molecule has 0 bridgehead atoms. The Bertz CT molecular complexity index is 769. The lowest BCUT2D eigenvalue weighted by molar-refractivity contribution is -0.593. The molecule has 0 aromatic carbocycles. The molecule has 4 aliphatic rings. The number of carbonyl (C=O) groups is 2. The van der Waals surface area contributed by atoms with E-state index in [1.54, 1.807) is 17.8 Å². The topological polar surface area (TPSA) is 69.2 Å². The van der Waals surface area contributed by atoms with Crippen LogP contribution in [0.15, 0.2) is 48.7 Å². The van der Waals surface area contributed by atoms with Crippen LogP contribution in [-0.2, 0) is 16.1 Å². The molecule has 1 unspecified atom stereocenters. The number of amides is 1. The fourth-order valence-corrected chi connectivity index (χ4v) is 4.35. The van der Waals surface area contributed by atoms with Crippen molar-refractivity contribution >= 4 is 23.6 Å². The molecule has 6 nitrogen and oxygen atoms in total. The van der Waals surface area contributed by atoms with E-state index in [-0.39, 0.29) is 22.2 Å². The van der Waals surface area contributed by atoms with Gasteiger partial charge in [0.1, 0.15) is 0 Å². The summed E-state index contributed by atoms with van der Waals surface area (Å²) in [6, 6.07) is 3.99. The highest BCUT2D eigenvalue weighted by atomic mass is 32.2. The average Bonchev–Trinajstić information content (AvgIpc) is 2.93. The molecule has 1 fully saturated rings. The monoisotopic (exact) mass is 315 g/mol. The molecule has 0 N–H and O–H groups in total. The van der Waals surface area contributed by atoms with E-state index in [0.29, 0.717) is 13.0 Å². The molecule has 1 amide bonds. The Balaban J connectivity index is 1.60. The van der Waals surface area contributed by atoms with Gasteiger partial charge in [0.25, 0.3) is 0 Å². The van der Waals surface area contributed by atoms with Gasteiger partial charge in [0, 0.05) is 23.9 Å². The minimum atomic E-state index is -1.28. The number of nitrogens with zero attached hydrogens (tertiary/aromatic N) is 3. The molecule has 4 aliphatic heterocycles. The Morgan fingerprint density at radius 3 is 3.09 bits per heavy atom. The third-order valence-electron chi connectivity index (χ3n) is 3.97. The van der Waals surface area contributed by atoms with Crippen LogP contribution in [0.2, 0.25) is 0 Å². The molecular formula is C15H13N3O3S. The molecule has 1 saturated heterocycles. The minimum Gasteiger partial charge on any atom is -0.543 e. The molecule has 4 heterocycles. The summed E-state index contributed by atoms with van der Waals surface area (Å²) in [6.07, 6.45) is 9.94. The van der Waals surface area contributed by atoms with Crippen LogP contribution in [0, 0.1) is 0 Å². The zero-order valence-corrected chi connectivity index (χ0v) is 12.4. The summed E-state index contributed by atoms with van der Waals surface area (Å²) in [5.41, 5.74) is 1.09. The maximum atomic E-state index is 11.5. The van der Waals surface area contributed by atoms with Crippen molar-refractivity contribution in [1.29, 1.82) is 0 Å². The first kappa shape index (κ1) is 13.4. The van der Waals surface area contributed by atoms with E-state index in [9.17, 15) is 14.7 Å². The molecule has 0 spiro atoms. The Hall–Kier alpha value is -2.28. The van der Waals surface area contributed by atoms with Gasteiger partial charge in [-0.05, 0) is 6.08 Å². The van der Waals surface area contributed by atoms with Crippen molar-refractivity contribution in [2.75, 3.05) is 0 Å². The van der Waals surface area contributed by atoms with E-state index in [4.69, 9.17) is 0 Å². The maximum Gasteiger partial charge on any atom is 0.230 e. The summed E-state index contributed by atoms with van der Waals surface area (Å²) in [6.45, 7) is 0.654. The van der Waals surface area contributed by atoms with E-state index in [2.05, 4.69) is 0 Å². The van der Waals surface area contributed by atoms with E-state index >= 15 is 0 Å². The minimum absolute atomic E-state index is 0.00432. The molecule has 0 aromatic heterocycles. The van der Waals surface area contributed by atoms with Gasteiger partial charge < -0.3 is 14.5 Å². The first-order valence-electron chi connectivity index (χ1n) is 6.98. The molecule has 4 rings (SSSR count). The number of rotatable bonds is 3. The fraction of sp³-hybridized carbons (Fsp3) is 0.267. The quantitative estimate of drug-likeness (QED) is 0.566. The third-order valence-corrected chi connectivity index (χ3v) is 5.30. The maximum absolute atomic E-state index is 11.5. The van der Waals surface area contributed by atoms with Crippen LogP contribution >= 0.6 is 11.8 Å². The molecule has 112 valence electrons. The summed E-state index contributed by atoms with van der Waals surface area (Å²) >= 11 is 1.62. The predicted molar refractivity (Wildman–Crippen MR) is 76.9 cm³/mol. The van der Waals surface area contributed by atoms with Crippen molar-refractivity contribution in [1.82, 2.24) is 9.47 Å². The second-order valence-electron chi connectivity index (χ2n) is 5.40. The second-order valence-corrected chi connectivity index (χ2v) is 6.82. The Morgan fingerprint density at radius 1 is 1.45 bits per heavy atom. The van der Waals surface area contributed by atoms with E-state index in [1.807, 2.05) is 46.1 Å². The summed E-state index contributed by atoms with van der Waals surface area (Å²) in [5, 5.41) is 11.2. The summed E-state index contributed by atoms with van der Waals surface area (Å²) in [7, 11) is 0. The highest BCUT2D eigenvalue weighted by Gasteiger charge is 2.43. The van der Waals surface area contributed by atoms with Crippen molar-refractivity contribution in [3.05, 3.63) is 48.7 Å². The van der Waals surface area contributed by atoms with Gasteiger partial charge in [-0.25, -0.2) is 0 Å². The SMILES string of the molecule is O=C([O-])C1=CC(Cn2cc[n+]3cccc-3c2)S[C@@H]2CC(=O)N12. The summed E-state index contributed by atoms with van der Waals surface area (Å²) < 4.78 is 4.05. The Labute approximate surface area is 131 Å². The van der Waals surface area contributed by atoms with Gasteiger partial charge in [-0.3, -0.25) is 9.69 Å². The van der Waals surface area contributed by atoms with Crippen LogP contribution in [0.5, 0.6) is 0 Å². The molecule has 7 heteroatoms. The van der Waals surface area contributed by atoms with Gasteiger partial charge in [-0.2, -0.15) is 4.57 Å². The van der Waals surface area contributed by atoms with Crippen molar-refractivity contribution in [2.24, 2.45) is 0 Å². The van der Waals surface area contributed by atoms with Crippen molar-refractivity contribution < 1.29 is 19.3 Å². The number of β-lactam (4-membered cyclic amide) rings is 1. The van der Waals surface area contributed by atoms with E-state index in [1.165, 1.54) is 4.90 Å². The Morgan fingerprint density at radius 2 is 2.32 bits per heavy atom. The van der Waals surface area contributed by atoms with Gasteiger partial charge in [-0.15, -0.1) is 11.8 Å². The van der Waals surface area contributed by atoms with Crippen LogP contribution in [0.1, 0.15) is 6.42 Å². The van der Waals surface area contributed by atoms with Crippen molar-refractivity contribution in [2.45, 2.75) is 23.6 Å². The molecule has 2 atom stereocenters. The second kappa shape index (κ2) is 4.88. The van der Waals surface area contributed by atoms with Gasteiger partial charge >= 0.3 is 0 Å². The number of carboxylic acid groups (broad SMARTS) is 1. The van der Waals surface area contributed by atoms with Crippen LogP contribution in [0.25, 0.3) is 5.69 Å². The molecule has 0 saturated carbocycles. The molecule has 0 aromatic rings. The van der Waals surface area contributed by atoms with Crippen LogP contribution in [0.4, 0.5) is 0 Å². The highest BCUT2D eigenvalue weighted by molar-refractivity contribution is 8.00. The largest absolute Gasteiger partial charge is 0.543 e. The van der Waals surface area contributed by atoms with Gasteiger partial charge in [0.15, 0.2) is 12.4 Å². The predicted octanol–water partition coefficient (Wildman–Crippen LogP) is -0.490. The molecule has 0 radical (unpaired) electrons. The zero-order chi connectivity index (χ0) is 15.3. The van der Waals surface area contributed by atoms with Gasteiger partial charge in [-0.1, -0.05) is 0 Å². The third kappa shape index (κ3) is 2.09. The number of aromatic nitrogens is 2. The zero-order valence-electron chi connectivity index (χ0n) is 11.6. The highest BCUT2D eigenvalue weighted by Crippen LogP contribution is 2.40. The van der Waals surface area contributed by atoms with Gasteiger partial charge in [0.05, 0.1) is 35.9 Å². The standard InChI is InChI=1S/C15H13N3O3S/c19-13-7-14-18(13)12(15(20)21)6-11(22-14)9-16-4-5-17-3-1-2-10(17)8-16/h1-6,8,11,14H,7,9H2/t11?,14-/m1/s1. The lowest BCUT2D eigenvalue weighted by atomic mass is 10.1. The van der Waals surface area contributed by atoms with E-state index < -0.39 is 5.97 Å². The first-order valence-corrected chi connectivity index (χ1v) is 7.92. The first-order chi connectivity index (χ1) is 10.6. The summed E-state index contributed by atoms with van der Waals surface area (Å²) in [5.74, 6) is -1.43. The number of carbonyl (C=O) groups excluding carboxylic acids is 2. The molecule has 22 heavy (non-hydrogen) atoms. The number of hydrogen-bond acceptors (Lipinski definition) is 4. The van der Waals surface area contributed by atoms with Crippen LogP contribution in [-0.4, -0.2) is 32.0 Å². The fourth-order valence-electron chi connectivity index (χ4n) is 2.89. The number of hydrogen-bond donors (Lipinski definition) is 0. The molecule has 0 aliphatic carbocycles. The lowest BCUT2D eigenvalue weighted by Crippen LogP contribution is -2.56. The number of aliphatic carboxylic acids is 1. The summed E-state index contributed by atoms with van der Waals surface area (Å²) in [4.78, 5) is 24.1. The van der Waals surface area contributed by atoms with Crippen LogP contribution in [0.3, 0.4) is 0 Å². The van der Waals surface area contributed by atoms with Crippen molar-refractivity contribution in [3.63, 3.8) is 0 Å². The van der Waals surface area contributed by atoms with Crippen LogP contribution < -0.4 is 9.67 Å². The molecular weight excluding hydrogens is 302 g/mol.